The molecule has 2 rings (SSSR count). The van der Waals surface area contributed by atoms with Crippen LogP contribution in [0.4, 0.5) is 4.39 Å². The number of aromatic nitrogens is 3. The van der Waals surface area contributed by atoms with E-state index in [2.05, 4.69) is 26.1 Å². The molecule has 1 aromatic carbocycles. The molecule has 1 aromatic heterocycles. The molecule has 0 N–H and O–H groups in total. The van der Waals surface area contributed by atoms with Crippen LogP contribution in [-0.4, -0.2) is 14.8 Å². The average Bonchev–Trinajstić information content (AvgIpc) is 2.51. The van der Waals surface area contributed by atoms with E-state index in [4.69, 9.17) is 0 Å². The highest BCUT2D eigenvalue weighted by atomic mass is 79.9. The van der Waals surface area contributed by atoms with Gasteiger partial charge in [-0.15, -0.1) is 5.10 Å². The van der Waals surface area contributed by atoms with Gasteiger partial charge in [0, 0.05) is 0 Å². The van der Waals surface area contributed by atoms with Gasteiger partial charge in [0.15, 0.2) is 0 Å². The molecule has 0 bridgehead atoms. The lowest BCUT2D eigenvalue weighted by atomic mass is 10.2. The number of benzene rings is 1. The highest BCUT2D eigenvalue weighted by Crippen LogP contribution is 2.11. The first-order chi connectivity index (χ1) is 6.77. The molecule has 0 aliphatic heterocycles. The van der Waals surface area contributed by atoms with Crippen LogP contribution in [0.15, 0.2) is 35.1 Å². The fraction of sp³-hybridized carbons (Fsp3) is 0.111. The first-order valence-corrected chi connectivity index (χ1v) is 4.85. The first-order valence-electron chi connectivity index (χ1n) is 4.05. The van der Waals surface area contributed by atoms with Gasteiger partial charge < -0.3 is 0 Å². The summed E-state index contributed by atoms with van der Waals surface area (Å²) < 4.78 is 14.8. The predicted octanol–water partition coefficient (Wildman–Crippen LogP) is 2.23. The van der Waals surface area contributed by atoms with Crippen LogP contribution in [-0.2, 0) is 6.54 Å². The molecule has 0 fully saturated rings. The van der Waals surface area contributed by atoms with E-state index in [1.54, 1.807) is 0 Å². The van der Waals surface area contributed by atoms with E-state index in [-0.39, 0.29) is 0 Å². The molecule has 0 aliphatic carbocycles. The smallest absolute Gasteiger partial charge is 0.273 e. The molecule has 2 aromatic rings. The maximum absolute atomic E-state index is 13.1. The number of halogens is 2. The van der Waals surface area contributed by atoms with Gasteiger partial charge in [-0.05, 0) is 21.5 Å². The Labute approximate surface area is 88.7 Å². The minimum absolute atomic E-state index is 0.402. The number of rotatable bonds is 2. The van der Waals surface area contributed by atoms with E-state index in [1.807, 2.05) is 30.3 Å². The molecule has 0 unspecified atom stereocenters. The Morgan fingerprint density at radius 2 is 1.93 bits per heavy atom. The molecule has 0 saturated heterocycles. The molecule has 1 heterocycles. The Bertz CT molecular complexity index is 407. The van der Waals surface area contributed by atoms with Crippen LogP contribution >= 0.6 is 15.9 Å². The Kier molecular flexibility index (Phi) is 2.58. The van der Waals surface area contributed by atoms with Crippen molar-refractivity contribution in [3.8, 4) is 0 Å². The molecule has 72 valence electrons. The third-order valence-corrected chi connectivity index (χ3v) is 2.43. The third-order valence-electron chi connectivity index (χ3n) is 1.84. The minimum atomic E-state index is -0.583. The highest BCUT2D eigenvalue weighted by Gasteiger charge is 2.08. The van der Waals surface area contributed by atoms with Crippen molar-refractivity contribution in [3.05, 3.63) is 46.7 Å². The van der Waals surface area contributed by atoms with Gasteiger partial charge in [0.1, 0.15) is 0 Å². The van der Waals surface area contributed by atoms with Gasteiger partial charge in [0.2, 0.25) is 4.73 Å². The van der Waals surface area contributed by atoms with Crippen molar-refractivity contribution < 1.29 is 4.39 Å². The van der Waals surface area contributed by atoms with E-state index in [0.717, 1.165) is 5.56 Å². The summed E-state index contributed by atoms with van der Waals surface area (Å²) >= 11 is 3.12. The average molecular weight is 256 g/mol. The zero-order valence-electron chi connectivity index (χ0n) is 7.19. The van der Waals surface area contributed by atoms with Gasteiger partial charge in [0.25, 0.3) is 0 Å². The molecule has 5 heteroatoms. The van der Waals surface area contributed by atoms with E-state index < -0.39 is 6.08 Å². The van der Waals surface area contributed by atoms with E-state index in [9.17, 15) is 4.39 Å². The van der Waals surface area contributed by atoms with Crippen molar-refractivity contribution >= 4 is 15.9 Å². The summed E-state index contributed by atoms with van der Waals surface area (Å²) in [5.41, 5.74) is 1.01. The second kappa shape index (κ2) is 3.88. The van der Waals surface area contributed by atoms with Crippen molar-refractivity contribution in [2.75, 3.05) is 0 Å². The first kappa shape index (κ1) is 9.33. The van der Waals surface area contributed by atoms with Crippen molar-refractivity contribution in [2.45, 2.75) is 6.54 Å². The summed E-state index contributed by atoms with van der Waals surface area (Å²) in [6.45, 7) is 0.431. The van der Waals surface area contributed by atoms with Gasteiger partial charge in [-0.2, -0.15) is 4.39 Å². The summed E-state index contributed by atoms with van der Waals surface area (Å²) in [5, 5.41) is 6.88. The quantitative estimate of drug-likeness (QED) is 0.824. The molecular weight excluding hydrogens is 249 g/mol. The Hall–Kier alpha value is -1.23. The zero-order valence-corrected chi connectivity index (χ0v) is 8.78. The predicted molar refractivity (Wildman–Crippen MR) is 53.2 cm³/mol. The largest absolute Gasteiger partial charge is 0.310 e. The Morgan fingerprint density at radius 3 is 2.50 bits per heavy atom. The van der Waals surface area contributed by atoms with Crippen LogP contribution in [0, 0.1) is 6.08 Å². The molecular formula is C9H7BrFN3. The lowest BCUT2D eigenvalue weighted by Crippen LogP contribution is -2.02. The van der Waals surface area contributed by atoms with Crippen LogP contribution in [0.3, 0.4) is 0 Å². The summed E-state index contributed by atoms with van der Waals surface area (Å²) in [5.74, 6) is 0. The standard InChI is InChI=1S/C9H7BrFN3/c10-8-12-13-9(11)14(8)6-7-4-2-1-3-5-7/h1-5H,6H2. The van der Waals surface area contributed by atoms with E-state index in [0.29, 0.717) is 11.3 Å². The van der Waals surface area contributed by atoms with E-state index >= 15 is 0 Å². The molecule has 0 spiro atoms. The molecule has 0 radical (unpaired) electrons. The van der Waals surface area contributed by atoms with Crippen LogP contribution in [0.2, 0.25) is 0 Å². The number of hydrogen-bond acceptors (Lipinski definition) is 2. The van der Waals surface area contributed by atoms with Crippen molar-refractivity contribution in [3.63, 3.8) is 0 Å². The van der Waals surface area contributed by atoms with Crippen molar-refractivity contribution in [1.82, 2.24) is 14.8 Å². The van der Waals surface area contributed by atoms with Crippen LogP contribution < -0.4 is 0 Å². The van der Waals surface area contributed by atoms with E-state index in [1.165, 1.54) is 4.57 Å². The van der Waals surface area contributed by atoms with Gasteiger partial charge in [0.05, 0.1) is 6.54 Å². The SMILES string of the molecule is Fc1nnc(Br)n1Cc1ccccc1. The third kappa shape index (κ3) is 1.82. The monoisotopic (exact) mass is 255 g/mol. The molecule has 0 atom stereocenters. The second-order valence-electron chi connectivity index (χ2n) is 2.81. The van der Waals surface area contributed by atoms with Crippen molar-refractivity contribution in [1.29, 1.82) is 0 Å². The van der Waals surface area contributed by atoms with Crippen molar-refractivity contribution in [2.24, 2.45) is 0 Å². The highest BCUT2D eigenvalue weighted by molar-refractivity contribution is 9.10. The Balaban J connectivity index is 2.27. The zero-order chi connectivity index (χ0) is 9.97. The number of nitrogens with zero attached hydrogens (tertiary/aromatic N) is 3. The van der Waals surface area contributed by atoms with Crippen LogP contribution in [0.25, 0.3) is 0 Å². The molecule has 0 saturated carbocycles. The minimum Gasteiger partial charge on any atom is -0.273 e. The topological polar surface area (TPSA) is 30.7 Å². The van der Waals surface area contributed by atoms with Gasteiger partial charge in [-0.1, -0.05) is 35.4 Å². The van der Waals surface area contributed by atoms with Crippen LogP contribution in [0.5, 0.6) is 0 Å². The van der Waals surface area contributed by atoms with Gasteiger partial charge >= 0.3 is 6.08 Å². The van der Waals surface area contributed by atoms with Gasteiger partial charge in [-0.25, -0.2) is 0 Å². The van der Waals surface area contributed by atoms with Crippen LogP contribution in [0.1, 0.15) is 5.56 Å². The summed E-state index contributed by atoms with van der Waals surface area (Å²) in [4.78, 5) is 0. The maximum Gasteiger partial charge on any atom is 0.310 e. The Morgan fingerprint density at radius 1 is 1.21 bits per heavy atom. The number of hydrogen-bond donors (Lipinski definition) is 0. The fourth-order valence-corrected chi connectivity index (χ4v) is 1.51. The summed E-state index contributed by atoms with van der Waals surface area (Å²) in [6, 6.07) is 9.58. The fourth-order valence-electron chi connectivity index (χ4n) is 1.16. The second-order valence-corrected chi connectivity index (χ2v) is 3.52. The normalized spacial score (nSPS) is 10.4. The summed E-state index contributed by atoms with van der Waals surface area (Å²) in [6.07, 6.45) is -0.583. The lowest BCUT2D eigenvalue weighted by molar-refractivity contribution is 0.478. The molecule has 14 heavy (non-hydrogen) atoms. The molecule has 3 nitrogen and oxygen atoms in total. The summed E-state index contributed by atoms with van der Waals surface area (Å²) in [7, 11) is 0. The lowest BCUT2D eigenvalue weighted by Gasteiger charge is -2.02. The molecule has 0 amide bonds. The molecule has 0 aliphatic rings. The maximum atomic E-state index is 13.1. The van der Waals surface area contributed by atoms with Gasteiger partial charge in [-0.3, -0.25) is 4.57 Å².